The Kier molecular flexibility index (Phi) is 9.56. The first-order valence-electron chi connectivity index (χ1n) is 13.0. The number of carbonyl (C=O) groups excluding carboxylic acids is 1. The van der Waals surface area contributed by atoms with E-state index >= 15 is 4.39 Å². The van der Waals surface area contributed by atoms with Gasteiger partial charge >= 0.3 is 5.97 Å². The summed E-state index contributed by atoms with van der Waals surface area (Å²) >= 11 is 6.39. The van der Waals surface area contributed by atoms with Crippen LogP contribution in [0.15, 0.2) is 42.6 Å². The summed E-state index contributed by atoms with van der Waals surface area (Å²) in [6.45, 7) is 3.73. The molecule has 0 N–H and O–H groups in total. The Morgan fingerprint density at radius 2 is 1.95 bits per heavy atom. The number of benzene rings is 2. The molecule has 39 heavy (non-hydrogen) atoms. The fourth-order valence-corrected chi connectivity index (χ4v) is 5.35. The molecular weight excluding hydrogens is 533 g/mol. The molecule has 10 heteroatoms. The van der Waals surface area contributed by atoms with Crippen molar-refractivity contribution in [2.45, 2.75) is 38.8 Å². The van der Waals surface area contributed by atoms with Crippen LogP contribution < -0.4 is 9.47 Å². The summed E-state index contributed by atoms with van der Waals surface area (Å²) < 4.78 is 59.1. The lowest BCUT2D eigenvalue weighted by Gasteiger charge is -2.40. The Morgan fingerprint density at radius 3 is 2.67 bits per heavy atom. The number of hydrogen-bond donors (Lipinski definition) is 0. The van der Waals surface area contributed by atoms with Crippen LogP contribution in [0.25, 0.3) is 10.9 Å². The SMILES string of the molecule is CCOC(=O)C1(CC[C@H](F)c2c(Cl)cnc3ccc(OC)cc23)CCN(CCOc2cc(F)ccc2F)CC1. The standard InChI is InChI=1S/C29H32ClF3N2O4/c1-3-38-28(36)29(10-12-35(13-11-29)14-15-39-26-16-19(31)4-6-23(26)32)9-8-24(33)27-21-17-20(37-2)5-7-25(21)34-18-22(27)30/h4-7,16-18,24H,3,8-15H2,1-2H3/t24-/m0/s1. The lowest BCUT2D eigenvalue weighted by atomic mass is 9.74. The molecule has 1 atom stereocenters. The first-order valence-corrected chi connectivity index (χ1v) is 13.4. The number of piperidine rings is 1. The predicted octanol–water partition coefficient (Wildman–Crippen LogP) is 6.69. The second kappa shape index (κ2) is 12.9. The number of hydrogen-bond acceptors (Lipinski definition) is 6. The van der Waals surface area contributed by atoms with Gasteiger partial charge in [-0.1, -0.05) is 11.6 Å². The van der Waals surface area contributed by atoms with Crippen molar-refractivity contribution >= 4 is 28.5 Å². The van der Waals surface area contributed by atoms with Crippen molar-refractivity contribution in [1.29, 1.82) is 0 Å². The van der Waals surface area contributed by atoms with Gasteiger partial charge in [0.15, 0.2) is 11.6 Å². The van der Waals surface area contributed by atoms with E-state index in [1.807, 2.05) is 0 Å². The van der Waals surface area contributed by atoms with Crippen molar-refractivity contribution in [2.75, 3.05) is 40.0 Å². The van der Waals surface area contributed by atoms with Gasteiger partial charge in [-0.3, -0.25) is 14.7 Å². The van der Waals surface area contributed by atoms with E-state index in [1.165, 1.54) is 13.3 Å². The number of pyridine rings is 1. The average Bonchev–Trinajstić information content (AvgIpc) is 2.94. The smallest absolute Gasteiger partial charge is 0.312 e. The number of likely N-dealkylation sites (tertiary alicyclic amines) is 1. The maximum Gasteiger partial charge on any atom is 0.312 e. The number of rotatable bonds is 11. The summed E-state index contributed by atoms with van der Waals surface area (Å²) in [6.07, 6.45) is 1.34. The quantitative estimate of drug-likeness (QED) is 0.242. The molecule has 1 aliphatic rings. The number of ether oxygens (including phenoxy) is 3. The van der Waals surface area contributed by atoms with E-state index < -0.39 is 23.2 Å². The highest BCUT2D eigenvalue weighted by molar-refractivity contribution is 6.32. The number of alkyl halides is 1. The minimum Gasteiger partial charge on any atom is -0.497 e. The fourth-order valence-electron chi connectivity index (χ4n) is 5.08. The lowest BCUT2D eigenvalue weighted by Crippen LogP contribution is -2.46. The number of fused-ring (bicyclic) bond motifs is 1. The third-order valence-corrected chi connectivity index (χ3v) is 7.64. The summed E-state index contributed by atoms with van der Waals surface area (Å²) in [6, 6.07) is 8.29. The van der Waals surface area contributed by atoms with Crippen LogP contribution in [-0.2, 0) is 9.53 Å². The van der Waals surface area contributed by atoms with E-state index in [0.717, 1.165) is 18.2 Å². The van der Waals surface area contributed by atoms with Crippen LogP contribution in [0.3, 0.4) is 0 Å². The zero-order valence-corrected chi connectivity index (χ0v) is 22.8. The number of halogens is 4. The van der Waals surface area contributed by atoms with Crippen LogP contribution in [-0.4, -0.2) is 55.8 Å². The Hall–Kier alpha value is -3.04. The van der Waals surface area contributed by atoms with Crippen molar-refractivity contribution in [3.63, 3.8) is 0 Å². The molecule has 0 bridgehead atoms. The summed E-state index contributed by atoms with van der Waals surface area (Å²) in [4.78, 5) is 19.5. The molecule has 210 valence electrons. The molecule has 1 aliphatic heterocycles. The molecule has 4 rings (SSSR count). The zero-order valence-electron chi connectivity index (χ0n) is 22.0. The van der Waals surface area contributed by atoms with Gasteiger partial charge in [0.1, 0.15) is 24.3 Å². The van der Waals surface area contributed by atoms with Gasteiger partial charge in [-0.2, -0.15) is 0 Å². The summed E-state index contributed by atoms with van der Waals surface area (Å²) in [7, 11) is 1.53. The third kappa shape index (κ3) is 6.76. The molecule has 0 unspecified atom stereocenters. The predicted molar refractivity (Wildman–Crippen MR) is 143 cm³/mol. The highest BCUT2D eigenvalue weighted by atomic mass is 35.5. The van der Waals surface area contributed by atoms with Gasteiger partial charge in [-0.15, -0.1) is 0 Å². The molecule has 2 aromatic carbocycles. The average molecular weight is 565 g/mol. The fraction of sp³-hybridized carbons (Fsp3) is 0.448. The number of carbonyl (C=O) groups is 1. The van der Waals surface area contributed by atoms with Gasteiger partial charge in [0.25, 0.3) is 0 Å². The number of nitrogens with zero attached hydrogens (tertiary/aromatic N) is 2. The number of aromatic nitrogens is 1. The van der Waals surface area contributed by atoms with Crippen molar-refractivity contribution < 1.29 is 32.2 Å². The maximum absolute atomic E-state index is 15.8. The van der Waals surface area contributed by atoms with Crippen LogP contribution in [0.5, 0.6) is 11.5 Å². The Balaban J connectivity index is 1.41. The van der Waals surface area contributed by atoms with Crippen molar-refractivity contribution in [3.05, 3.63) is 64.8 Å². The molecule has 3 aromatic rings. The second-order valence-corrected chi connectivity index (χ2v) is 10.1. The summed E-state index contributed by atoms with van der Waals surface area (Å²) in [5.74, 6) is -1.10. The van der Waals surface area contributed by atoms with Crippen molar-refractivity contribution in [1.82, 2.24) is 9.88 Å². The Bertz CT molecular complexity index is 1300. The topological polar surface area (TPSA) is 60.9 Å². The van der Waals surface area contributed by atoms with E-state index in [0.29, 0.717) is 54.7 Å². The molecule has 0 aliphatic carbocycles. The van der Waals surface area contributed by atoms with E-state index in [-0.39, 0.29) is 42.8 Å². The van der Waals surface area contributed by atoms with Gasteiger partial charge in [-0.25, -0.2) is 13.2 Å². The van der Waals surface area contributed by atoms with E-state index in [2.05, 4.69) is 9.88 Å². The second-order valence-electron chi connectivity index (χ2n) is 9.67. The highest BCUT2D eigenvalue weighted by Gasteiger charge is 2.43. The minimum absolute atomic E-state index is 0.0802. The van der Waals surface area contributed by atoms with E-state index in [9.17, 15) is 13.6 Å². The monoisotopic (exact) mass is 564 g/mol. The Labute approximate surface area is 231 Å². The van der Waals surface area contributed by atoms with Crippen molar-refractivity contribution in [2.24, 2.45) is 5.41 Å². The zero-order chi connectivity index (χ0) is 28.0. The first-order chi connectivity index (χ1) is 18.8. The maximum atomic E-state index is 15.8. The van der Waals surface area contributed by atoms with E-state index in [1.54, 1.807) is 25.1 Å². The molecule has 1 saturated heterocycles. The molecule has 2 heterocycles. The molecule has 1 fully saturated rings. The normalized spacial score (nSPS) is 16.2. The van der Waals surface area contributed by atoms with E-state index in [4.69, 9.17) is 25.8 Å². The molecule has 0 radical (unpaired) electrons. The molecule has 6 nitrogen and oxygen atoms in total. The first kappa shape index (κ1) is 29.0. The summed E-state index contributed by atoms with van der Waals surface area (Å²) in [5, 5.41) is 0.794. The van der Waals surface area contributed by atoms with Crippen molar-refractivity contribution in [3.8, 4) is 11.5 Å². The van der Waals surface area contributed by atoms with Crippen LogP contribution in [0.4, 0.5) is 13.2 Å². The summed E-state index contributed by atoms with van der Waals surface area (Å²) in [5.41, 5.74) is 0.102. The third-order valence-electron chi connectivity index (χ3n) is 7.34. The molecular formula is C29H32ClF3N2O4. The van der Waals surface area contributed by atoms with Gasteiger partial charge < -0.3 is 14.2 Å². The van der Waals surface area contributed by atoms with Gasteiger partial charge in [0.2, 0.25) is 0 Å². The number of methoxy groups -OCH3 is 1. The molecule has 0 amide bonds. The largest absolute Gasteiger partial charge is 0.497 e. The molecule has 1 aromatic heterocycles. The van der Waals surface area contributed by atoms with Crippen LogP contribution in [0, 0.1) is 17.0 Å². The minimum atomic E-state index is -1.42. The van der Waals surface area contributed by atoms with Gasteiger partial charge in [0, 0.05) is 29.8 Å². The molecule has 0 saturated carbocycles. The highest BCUT2D eigenvalue weighted by Crippen LogP contribution is 2.43. The molecule has 0 spiro atoms. The number of esters is 1. The van der Waals surface area contributed by atoms with Crippen LogP contribution in [0.2, 0.25) is 5.02 Å². The van der Waals surface area contributed by atoms with Gasteiger partial charge in [0.05, 0.1) is 29.7 Å². The van der Waals surface area contributed by atoms with Crippen LogP contribution >= 0.6 is 11.6 Å². The Morgan fingerprint density at radius 1 is 1.18 bits per heavy atom. The van der Waals surface area contributed by atoms with Crippen LogP contribution in [0.1, 0.15) is 44.3 Å². The lowest BCUT2D eigenvalue weighted by molar-refractivity contribution is -0.159. The van der Waals surface area contributed by atoms with Gasteiger partial charge in [-0.05, 0) is 76.0 Å².